The highest BCUT2D eigenvalue weighted by Gasteiger charge is 2.42. The fraction of sp³-hybridized carbons (Fsp3) is 0.636. The molecule has 0 unspecified atom stereocenters. The fourth-order valence-electron chi connectivity index (χ4n) is 2.79. The van der Waals surface area contributed by atoms with Gasteiger partial charge in [0.1, 0.15) is 12.9 Å². The van der Waals surface area contributed by atoms with Gasteiger partial charge in [-0.1, -0.05) is 65.0 Å². The van der Waals surface area contributed by atoms with Gasteiger partial charge >= 0.3 is 6.09 Å². The molecule has 0 radical (unpaired) electrons. The van der Waals surface area contributed by atoms with E-state index in [1.165, 1.54) is 0 Å². The molecule has 2 atom stereocenters. The van der Waals surface area contributed by atoms with Crippen molar-refractivity contribution in [1.29, 1.82) is 0 Å². The van der Waals surface area contributed by atoms with Gasteiger partial charge in [0.05, 0.1) is 12.6 Å². The van der Waals surface area contributed by atoms with Gasteiger partial charge in [0.25, 0.3) is 0 Å². The molecule has 0 spiro atoms. The molecule has 1 aliphatic rings. The van der Waals surface area contributed by atoms with Gasteiger partial charge < -0.3 is 18.9 Å². The van der Waals surface area contributed by atoms with Crippen LogP contribution in [-0.2, 0) is 20.6 Å². The Labute approximate surface area is 171 Å². The Morgan fingerprint density at radius 2 is 1.82 bits per heavy atom. The van der Waals surface area contributed by atoms with Gasteiger partial charge in [-0.2, -0.15) is 0 Å². The van der Waals surface area contributed by atoms with Crippen molar-refractivity contribution in [2.45, 2.75) is 71.8 Å². The van der Waals surface area contributed by atoms with Crippen LogP contribution in [0.4, 0.5) is 4.79 Å². The Bertz CT molecular complexity index is 613. The van der Waals surface area contributed by atoms with Crippen molar-refractivity contribution in [3.63, 3.8) is 0 Å². The van der Waals surface area contributed by atoms with Crippen LogP contribution in [0, 0.1) is 5.92 Å². The van der Waals surface area contributed by atoms with E-state index in [2.05, 4.69) is 33.9 Å². The molecule has 0 saturated carbocycles. The fourth-order valence-corrected chi connectivity index (χ4v) is 3.81. The number of rotatable bonds is 6. The Kier molecular flexibility index (Phi) is 9.37. The first kappa shape index (κ1) is 24.4. The van der Waals surface area contributed by atoms with E-state index in [9.17, 15) is 9.59 Å². The van der Waals surface area contributed by atoms with Crippen molar-refractivity contribution in [3.8, 4) is 0 Å². The zero-order valence-electron chi connectivity index (χ0n) is 18.5. The van der Waals surface area contributed by atoms with Crippen molar-refractivity contribution in [2.24, 2.45) is 5.92 Å². The first-order chi connectivity index (χ1) is 13.2. The second-order valence-electron chi connectivity index (χ2n) is 8.46. The first-order valence-corrected chi connectivity index (χ1v) is 13.1. The van der Waals surface area contributed by atoms with Crippen molar-refractivity contribution >= 4 is 20.7 Å². The van der Waals surface area contributed by atoms with Crippen LogP contribution in [0.3, 0.4) is 0 Å². The minimum absolute atomic E-state index is 0.0843. The third-order valence-electron chi connectivity index (χ3n) is 5.63. The highest BCUT2D eigenvalue weighted by molar-refractivity contribution is 6.74. The molecule has 1 fully saturated rings. The Balaban J connectivity index is 0.00000190. The van der Waals surface area contributed by atoms with Gasteiger partial charge in [0.2, 0.25) is 0 Å². The highest BCUT2D eigenvalue weighted by Crippen LogP contribution is 2.37. The molecule has 6 heteroatoms. The predicted octanol–water partition coefficient (Wildman–Crippen LogP) is 5.26. The number of carbonyl (C=O) groups excluding carboxylic acids is 2. The summed E-state index contributed by atoms with van der Waals surface area (Å²) < 4.78 is 11.7. The van der Waals surface area contributed by atoms with Crippen LogP contribution in [0.15, 0.2) is 30.3 Å². The van der Waals surface area contributed by atoms with E-state index in [4.69, 9.17) is 9.16 Å². The molecule has 1 aliphatic heterocycles. The summed E-state index contributed by atoms with van der Waals surface area (Å²) in [5.74, 6) is -0.191. The van der Waals surface area contributed by atoms with Gasteiger partial charge in [0, 0.05) is 12.5 Å². The minimum Gasteiger partial charge on any atom is -0.445 e. The van der Waals surface area contributed by atoms with Crippen LogP contribution in [0.2, 0.25) is 18.1 Å². The lowest BCUT2D eigenvalue weighted by Gasteiger charge is -2.38. The topological polar surface area (TPSA) is 55.8 Å². The molecule has 0 aromatic heterocycles. The summed E-state index contributed by atoms with van der Waals surface area (Å²) in [6.45, 7) is 16.0. The third kappa shape index (κ3) is 6.45. The quantitative estimate of drug-likeness (QED) is 0.477. The summed E-state index contributed by atoms with van der Waals surface area (Å²) in [6.07, 6.45) is 1.24. The number of carbonyl (C=O) groups is 2. The van der Waals surface area contributed by atoms with E-state index in [-0.39, 0.29) is 29.7 Å². The van der Waals surface area contributed by atoms with Crippen LogP contribution >= 0.6 is 0 Å². The average Bonchev–Trinajstić information content (AvgIpc) is 3.09. The van der Waals surface area contributed by atoms with E-state index >= 15 is 0 Å². The summed E-state index contributed by atoms with van der Waals surface area (Å²) in [4.78, 5) is 25.7. The van der Waals surface area contributed by atoms with Crippen LogP contribution in [0.25, 0.3) is 0 Å². The Hall–Kier alpha value is -1.66. The normalized spacial score (nSPS) is 19.6. The van der Waals surface area contributed by atoms with E-state index < -0.39 is 8.32 Å². The lowest BCUT2D eigenvalue weighted by Crippen LogP contribution is -2.47. The molecule has 1 aromatic rings. The minimum atomic E-state index is -1.95. The lowest BCUT2D eigenvalue weighted by molar-refractivity contribution is -0.111. The first-order valence-electron chi connectivity index (χ1n) is 10.2. The molecular formula is C22H37NO4Si. The number of likely N-dealkylation sites (tertiary alicyclic amines) is 1. The van der Waals surface area contributed by atoms with Crippen molar-refractivity contribution in [3.05, 3.63) is 35.9 Å². The van der Waals surface area contributed by atoms with E-state index in [1.54, 1.807) is 4.90 Å². The maximum Gasteiger partial charge on any atom is 0.410 e. The molecule has 1 aromatic carbocycles. The van der Waals surface area contributed by atoms with Gasteiger partial charge in [-0.25, -0.2) is 4.79 Å². The van der Waals surface area contributed by atoms with Crippen LogP contribution in [0.1, 0.15) is 46.6 Å². The zero-order valence-corrected chi connectivity index (χ0v) is 19.5. The molecule has 158 valence electrons. The van der Waals surface area contributed by atoms with Gasteiger partial charge in [-0.05, 0) is 30.1 Å². The molecule has 1 saturated heterocycles. The SMILES string of the molecule is CC.CC(C)(C)[Si](C)(C)OC[C@@H]1[C@@H](C=O)CCN1C(=O)OCc1ccccc1. The third-order valence-corrected chi connectivity index (χ3v) is 10.1. The van der Waals surface area contributed by atoms with Crippen molar-refractivity contribution in [2.75, 3.05) is 13.2 Å². The number of amides is 1. The van der Waals surface area contributed by atoms with E-state index in [0.717, 1.165) is 11.8 Å². The molecule has 2 rings (SSSR count). The Morgan fingerprint density at radius 1 is 1.21 bits per heavy atom. The largest absolute Gasteiger partial charge is 0.445 e. The van der Waals surface area contributed by atoms with E-state index in [0.29, 0.717) is 19.6 Å². The summed E-state index contributed by atoms with van der Waals surface area (Å²) in [7, 11) is -1.95. The van der Waals surface area contributed by atoms with Crippen LogP contribution < -0.4 is 0 Å². The summed E-state index contributed by atoms with van der Waals surface area (Å²) in [6, 6.07) is 9.35. The van der Waals surface area contributed by atoms with Gasteiger partial charge in [-0.15, -0.1) is 0 Å². The number of aldehydes is 1. The highest BCUT2D eigenvalue weighted by atomic mass is 28.4. The maximum absolute atomic E-state index is 12.6. The molecule has 5 nitrogen and oxygen atoms in total. The summed E-state index contributed by atoms with van der Waals surface area (Å²) in [5, 5.41) is 0.0843. The molecular weight excluding hydrogens is 370 g/mol. The van der Waals surface area contributed by atoms with Gasteiger partial charge in [0.15, 0.2) is 8.32 Å². The summed E-state index contributed by atoms with van der Waals surface area (Å²) in [5.41, 5.74) is 0.945. The summed E-state index contributed by atoms with van der Waals surface area (Å²) >= 11 is 0. The second-order valence-corrected chi connectivity index (χ2v) is 13.3. The number of ether oxygens (including phenoxy) is 1. The predicted molar refractivity (Wildman–Crippen MR) is 116 cm³/mol. The molecule has 1 heterocycles. The molecule has 28 heavy (non-hydrogen) atoms. The standard InChI is InChI=1S/C20H31NO4Si.C2H6/c1-20(2,3)26(4,5)25-15-18-17(13-22)11-12-21(18)19(23)24-14-16-9-7-6-8-10-16;1-2/h6-10,13,17-18H,11-12,14-15H2,1-5H3;1-2H3/t17-,18-;/m1./s1. The Morgan fingerprint density at radius 3 is 2.36 bits per heavy atom. The maximum atomic E-state index is 12.6. The number of hydrogen-bond acceptors (Lipinski definition) is 4. The smallest absolute Gasteiger partial charge is 0.410 e. The molecule has 0 aliphatic carbocycles. The zero-order chi connectivity index (χ0) is 21.4. The number of nitrogens with zero attached hydrogens (tertiary/aromatic N) is 1. The number of benzene rings is 1. The molecule has 1 amide bonds. The van der Waals surface area contributed by atoms with Crippen molar-refractivity contribution in [1.82, 2.24) is 4.90 Å². The number of hydrogen-bond donors (Lipinski definition) is 0. The monoisotopic (exact) mass is 407 g/mol. The second kappa shape index (κ2) is 10.8. The van der Waals surface area contributed by atoms with Crippen LogP contribution in [-0.4, -0.2) is 44.8 Å². The van der Waals surface area contributed by atoms with Crippen LogP contribution in [0.5, 0.6) is 0 Å². The van der Waals surface area contributed by atoms with E-state index in [1.807, 2.05) is 44.2 Å². The van der Waals surface area contributed by atoms with Gasteiger partial charge in [-0.3, -0.25) is 0 Å². The molecule has 0 N–H and O–H groups in total. The average molecular weight is 408 g/mol. The lowest BCUT2D eigenvalue weighted by atomic mass is 10.0. The molecule has 0 bridgehead atoms. The van der Waals surface area contributed by atoms with Crippen molar-refractivity contribution < 1.29 is 18.8 Å².